The number of ether oxygens (including phenoxy) is 1. The molecule has 6 nitrogen and oxygen atoms in total. The molecule has 2 aromatic rings. The van der Waals surface area contributed by atoms with Gasteiger partial charge in [0, 0.05) is 25.2 Å². The molecular weight excluding hydrogens is 358 g/mol. The van der Waals surface area contributed by atoms with Crippen LogP contribution in [0.15, 0.2) is 54.6 Å². The summed E-state index contributed by atoms with van der Waals surface area (Å²) in [5, 5.41) is 13.1. The minimum absolute atomic E-state index is 0.0392. The van der Waals surface area contributed by atoms with Crippen LogP contribution in [0.3, 0.4) is 0 Å². The molecule has 2 aromatic carbocycles. The summed E-state index contributed by atoms with van der Waals surface area (Å²) in [4.78, 5) is 26.4. The van der Waals surface area contributed by atoms with Crippen LogP contribution in [0.1, 0.15) is 12.0 Å². The molecular formula is C19H18F2N2O4. The van der Waals surface area contributed by atoms with Crippen molar-refractivity contribution in [2.45, 2.75) is 25.2 Å². The van der Waals surface area contributed by atoms with Gasteiger partial charge in [-0.2, -0.15) is 8.78 Å². The number of anilines is 1. The number of alkyl halides is 2. The van der Waals surface area contributed by atoms with Crippen LogP contribution in [0.5, 0.6) is 5.75 Å². The first-order valence-electron chi connectivity index (χ1n) is 8.31. The van der Waals surface area contributed by atoms with Gasteiger partial charge in [-0.05, 0) is 29.8 Å². The number of rotatable bonds is 6. The Hall–Kier alpha value is -3.00. The molecule has 1 fully saturated rings. The van der Waals surface area contributed by atoms with Crippen LogP contribution < -0.4 is 15.0 Å². The van der Waals surface area contributed by atoms with Crippen molar-refractivity contribution in [1.82, 2.24) is 5.32 Å². The first-order chi connectivity index (χ1) is 12.9. The summed E-state index contributed by atoms with van der Waals surface area (Å²) in [7, 11) is 0. The Balaban J connectivity index is 1.65. The van der Waals surface area contributed by atoms with E-state index in [-0.39, 0.29) is 25.3 Å². The van der Waals surface area contributed by atoms with E-state index < -0.39 is 24.0 Å². The highest BCUT2D eigenvalue weighted by atomic mass is 19.3. The maximum Gasteiger partial charge on any atom is 0.387 e. The lowest BCUT2D eigenvalue weighted by atomic mass is 10.0. The molecule has 0 unspecified atom stereocenters. The number of carbonyl (C=O) groups excluding carboxylic acids is 2. The van der Waals surface area contributed by atoms with Crippen molar-refractivity contribution in [2.75, 3.05) is 11.4 Å². The van der Waals surface area contributed by atoms with Crippen molar-refractivity contribution >= 4 is 17.5 Å². The molecule has 27 heavy (non-hydrogen) atoms. The summed E-state index contributed by atoms with van der Waals surface area (Å²) < 4.78 is 28.9. The van der Waals surface area contributed by atoms with E-state index in [1.807, 2.05) is 0 Å². The monoisotopic (exact) mass is 376 g/mol. The lowest BCUT2D eigenvalue weighted by Gasteiger charge is -2.21. The molecule has 1 atom stereocenters. The molecule has 0 aromatic heterocycles. The Bertz CT molecular complexity index is 831. The molecule has 1 aliphatic heterocycles. The molecule has 0 bridgehead atoms. The average molecular weight is 376 g/mol. The first kappa shape index (κ1) is 18.8. The largest absolute Gasteiger partial charge is 0.435 e. The zero-order valence-electron chi connectivity index (χ0n) is 14.3. The van der Waals surface area contributed by atoms with Crippen molar-refractivity contribution in [3.8, 4) is 5.75 Å². The van der Waals surface area contributed by atoms with E-state index in [4.69, 9.17) is 0 Å². The van der Waals surface area contributed by atoms with Crippen molar-refractivity contribution in [2.24, 2.45) is 0 Å². The molecule has 2 N–H and O–H groups in total. The van der Waals surface area contributed by atoms with E-state index in [1.54, 1.807) is 36.4 Å². The summed E-state index contributed by atoms with van der Waals surface area (Å²) >= 11 is 0. The second-order valence-electron chi connectivity index (χ2n) is 6.11. The number of aliphatic hydroxyl groups is 1. The van der Waals surface area contributed by atoms with E-state index in [1.165, 1.54) is 23.1 Å². The highest BCUT2D eigenvalue weighted by Gasteiger charge is 2.51. The maximum absolute atomic E-state index is 12.6. The van der Waals surface area contributed by atoms with Gasteiger partial charge in [-0.1, -0.05) is 30.3 Å². The van der Waals surface area contributed by atoms with Crippen molar-refractivity contribution in [3.05, 3.63) is 60.2 Å². The number of nitrogens with one attached hydrogen (secondary N) is 1. The highest BCUT2D eigenvalue weighted by molar-refractivity contribution is 6.16. The SMILES string of the molecule is O=C(NCc1cccc(OC(F)F)c1)[C@@]1(O)CCN(c2ccccc2)C1=O. The molecule has 0 spiro atoms. The fraction of sp³-hybridized carbons (Fsp3) is 0.263. The molecule has 1 aliphatic rings. The van der Waals surface area contributed by atoms with Crippen molar-refractivity contribution in [1.29, 1.82) is 0 Å². The maximum atomic E-state index is 12.6. The summed E-state index contributed by atoms with van der Waals surface area (Å²) in [5.74, 6) is -1.56. The number of nitrogens with zero attached hydrogens (tertiary/aromatic N) is 1. The van der Waals surface area contributed by atoms with Crippen molar-refractivity contribution in [3.63, 3.8) is 0 Å². The Labute approximate surface area is 154 Å². The van der Waals surface area contributed by atoms with E-state index in [2.05, 4.69) is 10.1 Å². The fourth-order valence-electron chi connectivity index (χ4n) is 2.93. The van der Waals surface area contributed by atoms with Gasteiger partial charge in [-0.25, -0.2) is 0 Å². The topological polar surface area (TPSA) is 78.9 Å². The third kappa shape index (κ3) is 4.06. The number of amides is 2. The number of benzene rings is 2. The molecule has 142 valence electrons. The van der Waals surface area contributed by atoms with Gasteiger partial charge in [-0.15, -0.1) is 0 Å². The van der Waals surface area contributed by atoms with E-state index in [9.17, 15) is 23.5 Å². The average Bonchev–Trinajstić information content (AvgIpc) is 2.96. The van der Waals surface area contributed by atoms with Gasteiger partial charge >= 0.3 is 6.61 Å². The summed E-state index contributed by atoms with van der Waals surface area (Å²) in [5.41, 5.74) is -1.06. The predicted octanol–water partition coefficient (Wildman–Crippen LogP) is 2.07. The molecule has 2 amide bonds. The van der Waals surface area contributed by atoms with Crippen LogP contribution in [-0.4, -0.2) is 35.7 Å². The van der Waals surface area contributed by atoms with Gasteiger partial charge in [0.05, 0.1) is 0 Å². The quantitative estimate of drug-likeness (QED) is 0.757. The number of hydrogen-bond acceptors (Lipinski definition) is 4. The number of hydrogen-bond donors (Lipinski definition) is 2. The minimum Gasteiger partial charge on any atom is -0.435 e. The number of carbonyl (C=O) groups is 2. The van der Waals surface area contributed by atoms with Crippen molar-refractivity contribution < 1.29 is 28.2 Å². The third-order valence-electron chi connectivity index (χ3n) is 4.32. The number of para-hydroxylation sites is 1. The summed E-state index contributed by atoms with van der Waals surface area (Å²) in [6.45, 7) is -2.78. The highest BCUT2D eigenvalue weighted by Crippen LogP contribution is 2.28. The lowest BCUT2D eigenvalue weighted by molar-refractivity contribution is -0.149. The Kier molecular flexibility index (Phi) is 5.36. The fourth-order valence-corrected chi connectivity index (χ4v) is 2.93. The molecule has 0 saturated carbocycles. The van der Waals surface area contributed by atoms with Crippen LogP contribution in [-0.2, 0) is 16.1 Å². The van der Waals surface area contributed by atoms with Gasteiger partial charge < -0.3 is 20.1 Å². The minimum atomic E-state index is -2.95. The van der Waals surface area contributed by atoms with Crippen LogP contribution in [0.2, 0.25) is 0 Å². The van der Waals surface area contributed by atoms with Crippen LogP contribution in [0.4, 0.5) is 14.5 Å². The second-order valence-corrected chi connectivity index (χ2v) is 6.11. The van der Waals surface area contributed by atoms with E-state index in [0.29, 0.717) is 11.3 Å². The van der Waals surface area contributed by atoms with Crippen LogP contribution in [0.25, 0.3) is 0 Å². The molecule has 0 aliphatic carbocycles. The Morgan fingerprint density at radius 3 is 2.67 bits per heavy atom. The van der Waals surface area contributed by atoms with Gasteiger partial charge in [0.15, 0.2) is 0 Å². The zero-order valence-corrected chi connectivity index (χ0v) is 14.3. The van der Waals surface area contributed by atoms with Gasteiger partial charge in [0.25, 0.3) is 11.8 Å². The number of halogens is 2. The Morgan fingerprint density at radius 1 is 1.22 bits per heavy atom. The first-order valence-corrected chi connectivity index (χ1v) is 8.31. The van der Waals surface area contributed by atoms with Crippen LogP contribution >= 0.6 is 0 Å². The molecule has 3 rings (SSSR count). The smallest absolute Gasteiger partial charge is 0.387 e. The van der Waals surface area contributed by atoms with Crippen LogP contribution in [0, 0.1) is 0 Å². The van der Waals surface area contributed by atoms with Gasteiger partial charge in [-0.3, -0.25) is 9.59 Å². The second kappa shape index (κ2) is 7.71. The summed E-state index contributed by atoms with van der Waals surface area (Å²) in [6, 6.07) is 14.6. The molecule has 1 heterocycles. The predicted molar refractivity (Wildman–Crippen MR) is 93.3 cm³/mol. The third-order valence-corrected chi connectivity index (χ3v) is 4.32. The van der Waals surface area contributed by atoms with E-state index >= 15 is 0 Å². The van der Waals surface area contributed by atoms with Gasteiger partial charge in [0.1, 0.15) is 5.75 Å². The summed E-state index contributed by atoms with van der Waals surface area (Å²) in [6.07, 6.45) is -0.0406. The standard InChI is InChI=1S/C19H18F2N2O4/c20-18(21)27-15-8-4-5-13(11-15)12-22-16(24)19(26)9-10-23(17(19)25)14-6-2-1-3-7-14/h1-8,11,18,26H,9-10,12H2,(H,22,24)/t19-/m0/s1. The molecule has 0 radical (unpaired) electrons. The zero-order chi connectivity index (χ0) is 19.4. The van der Waals surface area contributed by atoms with E-state index in [0.717, 1.165) is 0 Å². The normalized spacial score (nSPS) is 19.4. The molecule has 8 heteroatoms. The molecule has 1 saturated heterocycles. The van der Waals surface area contributed by atoms with Gasteiger partial charge in [0.2, 0.25) is 5.60 Å². The lowest BCUT2D eigenvalue weighted by Crippen LogP contribution is -2.52. The Morgan fingerprint density at radius 2 is 1.96 bits per heavy atom.